The van der Waals surface area contributed by atoms with Gasteiger partial charge in [-0.05, 0) is 24.3 Å². The van der Waals surface area contributed by atoms with Crippen LogP contribution in [0.1, 0.15) is 20.7 Å². The highest BCUT2D eigenvalue weighted by Crippen LogP contribution is 2.26. The van der Waals surface area contributed by atoms with Gasteiger partial charge in [-0.1, -0.05) is 13.2 Å². The maximum atomic E-state index is 11.3. The molecule has 0 heterocycles. The molecule has 0 saturated carbocycles. The van der Waals surface area contributed by atoms with Crippen LogP contribution in [0.15, 0.2) is 37.4 Å². The third-order valence-corrected chi connectivity index (χ3v) is 2.05. The lowest BCUT2D eigenvalue weighted by atomic mass is 10.0. The predicted octanol–water partition coefficient (Wildman–Crippen LogP) is 1.71. The van der Waals surface area contributed by atoms with E-state index in [0.29, 0.717) is 0 Å². The highest BCUT2D eigenvalue weighted by Gasteiger charge is 2.15. The van der Waals surface area contributed by atoms with Gasteiger partial charge in [0.2, 0.25) is 0 Å². The highest BCUT2D eigenvalue weighted by molar-refractivity contribution is 6.12. The number of ketones is 2. The summed E-state index contributed by atoms with van der Waals surface area (Å²) in [5, 5.41) is 9.58. The van der Waals surface area contributed by atoms with E-state index in [9.17, 15) is 14.7 Å². The summed E-state index contributed by atoms with van der Waals surface area (Å²) in [6.07, 6.45) is 2.14. The lowest BCUT2D eigenvalue weighted by Crippen LogP contribution is -2.04. The van der Waals surface area contributed by atoms with Gasteiger partial charge in [-0.2, -0.15) is 0 Å². The minimum Gasteiger partial charge on any atom is -0.507 e. The Morgan fingerprint density at radius 2 is 1.75 bits per heavy atom. The van der Waals surface area contributed by atoms with Gasteiger partial charge in [-0.25, -0.2) is 0 Å². The zero-order valence-corrected chi connectivity index (χ0v) is 8.56. The van der Waals surface area contributed by atoms with Crippen LogP contribution >= 0.6 is 0 Å². The molecule has 0 fully saturated rings. The first-order valence-electron chi connectivity index (χ1n) is 4.47. The van der Waals surface area contributed by atoms with Crippen LogP contribution in [-0.4, -0.2) is 16.7 Å². The maximum Gasteiger partial charge on any atom is 0.191 e. The minimum absolute atomic E-state index is 0.0371. The number of phenolic OH excluding ortho intramolecular Hbond substituents is 1. The van der Waals surface area contributed by atoms with Crippen LogP contribution < -0.4 is 5.73 Å². The molecule has 1 aromatic rings. The van der Waals surface area contributed by atoms with Crippen molar-refractivity contribution in [2.24, 2.45) is 0 Å². The number of anilines is 1. The number of carbonyl (C=O) groups excluding carboxylic acids is 2. The van der Waals surface area contributed by atoms with E-state index in [0.717, 1.165) is 12.2 Å². The molecule has 1 rings (SSSR count). The van der Waals surface area contributed by atoms with Gasteiger partial charge >= 0.3 is 0 Å². The van der Waals surface area contributed by atoms with E-state index in [4.69, 9.17) is 5.73 Å². The third-order valence-electron chi connectivity index (χ3n) is 2.05. The van der Waals surface area contributed by atoms with Gasteiger partial charge < -0.3 is 10.8 Å². The number of nitrogens with two attached hydrogens (primary N) is 1. The second kappa shape index (κ2) is 4.44. The molecular formula is C12H11NO3. The Morgan fingerprint density at radius 1 is 1.19 bits per heavy atom. The summed E-state index contributed by atoms with van der Waals surface area (Å²) in [6.45, 7) is 6.61. The van der Waals surface area contributed by atoms with Gasteiger partial charge in [0, 0.05) is 11.3 Å². The van der Waals surface area contributed by atoms with E-state index in [-0.39, 0.29) is 28.3 Å². The van der Waals surface area contributed by atoms with E-state index in [1.165, 1.54) is 12.1 Å². The van der Waals surface area contributed by atoms with Crippen molar-refractivity contribution in [1.29, 1.82) is 0 Å². The van der Waals surface area contributed by atoms with Gasteiger partial charge in [0.05, 0.1) is 5.56 Å². The van der Waals surface area contributed by atoms with Crippen LogP contribution in [0.3, 0.4) is 0 Å². The first-order valence-corrected chi connectivity index (χ1v) is 4.47. The molecule has 0 atom stereocenters. The van der Waals surface area contributed by atoms with Crippen molar-refractivity contribution in [3.8, 4) is 5.75 Å². The van der Waals surface area contributed by atoms with E-state index in [1.54, 1.807) is 0 Å². The molecule has 4 heteroatoms. The zero-order chi connectivity index (χ0) is 12.3. The molecule has 0 amide bonds. The molecule has 4 nitrogen and oxygen atoms in total. The van der Waals surface area contributed by atoms with Crippen LogP contribution in [0, 0.1) is 0 Å². The molecule has 0 aliphatic carbocycles. The Labute approximate surface area is 92.7 Å². The Kier molecular flexibility index (Phi) is 3.25. The number of carbonyl (C=O) groups is 2. The number of hydrogen-bond donors (Lipinski definition) is 2. The lowest BCUT2D eigenvalue weighted by Gasteiger charge is -2.07. The topological polar surface area (TPSA) is 80.4 Å². The van der Waals surface area contributed by atoms with Crippen molar-refractivity contribution < 1.29 is 14.7 Å². The van der Waals surface area contributed by atoms with Gasteiger partial charge in [-0.15, -0.1) is 0 Å². The summed E-state index contributed by atoms with van der Waals surface area (Å²) in [5.74, 6) is -1.21. The molecule has 3 N–H and O–H groups in total. The zero-order valence-electron chi connectivity index (χ0n) is 8.56. The van der Waals surface area contributed by atoms with E-state index >= 15 is 0 Å². The van der Waals surface area contributed by atoms with Crippen LogP contribution in [0.5, 0.6) is 5.75 Å². The number of phenols is 1. The van der Waals surface area contributed by atoms with Crippen molar-refractivity contribution >= 4 is 17.3 Å². The van der Waals surface area contributed by atoms with Gasteiger partial charge in [0.25, 0.3) is 0 Å². The monoisotopic (exact) mass is 217 g/mol. The van der Waals surface area contributed by atoms with Gasteiger partial charge in [-0.3, -0.25) is 9.59 Å². The van der Waals surface area contributed by atoms with Crippen molar-refractivity contribution in [1.82, 2.24) is 0 Å². The van der Waals surface area contributed by atoms with E-state index < -0.39 is 5.78 Å². The average molecular weight is 217 g/mol. The number of nitrogen functional groups attached to an aromatic ring is 1. The predicted molar refractivity (Wildman–Crippen MR) is 61.6 cm³/mol. The molecule has 0 aliphatic rings. The van der Waals surface area contributed by atoms with Crippen LogP contribution in [0.25, 0.3) is 0 Å². The first kappa shape index (κ1) is 11.7. The molecule has 0 aliphatic heterocycles. The van der Waals surface area contributed by atoms with Crippen LogP contribution in [0.4, 0.5) is 5.69 Å². The Balaban J connectivity index is 3.38. The van der Waals surface area contributed by atoms with Crippen molar-refractivity contribution in [2.75, 3.05) is 5.73 Å². The summed E-state index contributed by atoms with van der Waals surface area (Å²) < 4.78 is 0. The fourth-order valence-electron chi connectivity index (χ4n) is 1.28. The fourth-order valence-corrected chi connectivity index (χ4v) is 1.28. The molecule has 0 spiro atoms. The second-order valence-corrected chi connectivity index (χ2v) is 3.10. The Morgan fingerprint density at radius 3 is 2.19 bits per heavy atom. The molecule has 0 saturated heterocycles. The third kappa shape index (κ3) is 2.00. The van der Waals surface area contributed by atoms with Crippen LogP contribution in [-0.2, 0) is 0 Å². The summed E-state index contributed by atoms with van der Waals surface area (Å²) in [6, 6.07) is 2.50. The lowest BCUT2D eigenvalue weighted by molar-refractivity contribution is 0.103. The Hall–Kier alpha value is -2.36. The quantitative estimate of drug-likeness (QED) is 0.457. The largest absolute Gasteiger partial charge is 0.507 e. The summed E-state index contributed by atoms with van der Waals surface area (Å²) in [5.41, 5.74) is 5.75. The van der Waals surface area contributed by atoms with Crippen LogP contribution in [0.2, 0.25) is 0 Å². The minimum atomic E-state index is -0.493. The highest BCUT2D eigenvalue weighted by atomic mass is 16.3. The van der Waals surface area contributed by atoms with E-state index in [1.807, 2.05) is 0 Å². The normalized spacial score (nSPS) is 9.50. The number of benzene rings is 1. The summed E-state index contributed by atoms with van der Waals surface area (Å²) >= 11 is 0. The second-order valence-electron chi connectivity index (χ2n) is 3.10. The average Bonchev–Trinajstić information content (AvgIpc) is 2.26. The molecule has 0 unspecified atom stereocenters. The molecule has 16 heavy (non-hydrogen) atoms. The molecule has 82 valence electrons. The van der Waals surface area contributed by atoms with E-state index in [2.05, 4.69) is 13.2 Å². The summed E-state index contributed by atoms with van der Waals surface area (Å²) in [7, 11) is 0. The fraction of sp³-hybridized carbons (Fsp3) is 0. The van der Waals surface area contributed by atoms with Gasteiger partial charge in [0.15, 0.2) is 11.6 Å². The Bertz CT molecular complexity index is 466. The maximum absolute atomic E-state index is 11.3. The van der Waals surface area contributed by atoms with Crippen molar-refractivity contribution in [3.05, 3.63) is 48.6 Å². The SMILES string of the molecule is C=CC(=O)c1cc(N)c(C(=O)C=C)c(O)c1. The molecule has 0 aromatic heterocycles. The van der Waals surface area contributed by atoms with Gasteiger partial charge in [0.1, 0.15) is 5.75 Å². The molecule has 0 radical (unpaired) electrons. The number of aromatic hydroxyl groups is 1. The molecule has 1 aromatic carbocycles. The smallest absolute Gasteiger partial charge is 0.191 e. The van der Waals surface area contributed by atoms with Crippen molar-refractivity contribution in [3.63, 3.8) is 0 Å². The number of hydrogen-bond acceptors (Lipinski definition) is 4. The standard InChI is InChI=1S/C12H11NO3/c1-3-9(14)7-5-8(13)12(10(15)4-2)11(16)6-7/h3-6,16H,1-2,13H2. The summed E-state index contributed by atoms with van der Waals surface area (Å²) in [4.78, 5) is 22.6. The first-order chi connectivity index (χ1) is 7.51. The molecular weight excluding hydrogens is 206 g/mol. The van der Waals surface area contributed by atoms with Crippen molar-refractivity contribution in [2.45, 2.75) is 0 Å². The molecule has 0 bridgehead atoms. The number of allylic oxidation sites excluding steroid dienone is 2. The number of rotatable bonds is 4.